The van der Waals surface area contributed by atoms with Crippen LogP contribution in [0.2, 0.25) is 0 Å². The highest BCUT2D eigenvalue weighted by Crippen LogP contribution is 2.20. The summed E-state index contributed by atoms with van der Waals surface area (Å²) >= 11 is 0. The Morgan fingerprint density at radius 1 is 1.28 bits per heavy atom. The van der Waals surface area contributed by atoms with Gasteiger partial charge in [-0.25, -0.2) is 4.98 Å². The van der Waals surface area contributed by atoms with E-state index < -0.39 is 18.7 Å². The van der Waals surface area contributed by atoms with Crippen molar-refractivity contribution in [2.75, 3.05) is 19.0 Å². The van der Waals surface area contributed by atoms with E-state index in [9.17, 15) is 22.8 Å². The van der Waals surface area contributed by atoms with E-state index in [1.807, 2.05) is 6.92 Å². The minimum absolute atomic E-state index is 0.0148. The van der Waals surface area contributed by atoms with E-state index in [1.54, 1.807) is 32.3 Å². The fourth-order valence-electron chi connectivity index (χ4n) is 2.11. The molecule has 9 heteroatoms. The number of aromatic nitrogens is 1. The summed E-state index contributed by atoms with van der Waals surface area (Å²) in [5.41, 5.74) is 1.06. The topological polar surface area (TPSA) is 80.3 Å². The van der Waals surface area contributed by atoms with Gasteiger partial charge in [0, 0.05) is 25.2 Å². The lowest BCUT2D eigenvalue weighted by Gasteiger charge is -2.15. The van der Waals surface area contributed by atoms with Crippen LogP contribution in [0.15, 0.2) is 42.6 Å². The highest BCUT2D eigenvalue weighted by molar-refractivity contribution is 5.94. The second-order valence-electron chi connectivity index (χ2n) is 5.93. The molecule has 158 valence electrons. The largest absolute Gasteiger partial charge is 0.484 e. The number of alkyl halides is 3. The summed E-state index contributed by atoms with van der Waals surface area (Å²) in [7, 11) is 1.74. The number of hydrogen-bond donors (Lipinski definition) is 2. The molecule has 6 nitrogen and oxygen atoms in total. The SMILES string of the molecule is CCC=O.CNc1cc(C(C)NC(=O)c2cccc(OCC(F)(F)F)c2)ccn1. The predicted molar refractivity (Wildman–Crippen MR) is 104 cm³/mol. The molecular weight excluding hydrogens is 387 g/mol. The first-order valence-electron chi connectivity index (χ1n) is 8.88. The molecule has 0 bridgehead atoms. The van der Waals surface area contributed by atoms with Gasteiger partial charge in [-0.05, 0) is 42.8 Å². The molecule has 0 aliphatic carbocycles. The van der Waals surface area contributed by atoms with E-state index in [-0.39, 0.29) is 17.4 Å². The summed E-state index contributed by atoms with van der Waals surface area (Å²) in [4.78, 5) is 25.6. The minimum atomic E-state index is -4.43. The number of hydrogen-bond acceptors (Lipinski definition) is 5. The molecule has 1 aromatic carbocycles. The van der Waals surface area contributed by atoms with E-state index in [2.05, 4.69) is 20.4 Å². The van der Waals surface area contributed by atoms with E-state index in [1.165, 1.54) is 24.3 Å². The third-order valence-electron chi connectivity index (χ3n) is 3.55. The lowest BCUT2D eigenvalue weighted by atomic mass is 10.1. The Bertz CT molecular complexity index is 798. The van der Waals surface area contributed by atoms with Crippen molar-refractivity contribution < 1.29 is 27.5 Å². The molecule has 29 heavy (non-hydrogen) atoms. The van der Waals surface area contributed by atoms with Gasteiger partial charge in [0.1, 0.15) is 17.9 Å². The first kappa shape index (κ1) is 23.9. The molecule has 0 aliphatic rings. The molecule has 1 atom stereocenters. The third kappa shape index (κ3) is 9.09. The number of rotatable bonds is 7. The number of nitrogens with zero attached hydrogens (tertiary/aromatic N) is 1. The first-order valence-corrected chi connectivity index (χ1v) is 8.88. The molecule has 1 amide bonds. The molecule has 0 saturated carbocycles. The number of carbonyl (C=O) groups excluding carboxylic acids is 2. The maximum absolute atomic E-state index is 12.3. The zero-order chi connectivity index (χ0) is 21.9. The summed E-state index contributed by atoms with van der Waals surface area (Å²) in [6.45, 7) is 2.21. The fraction of sp³-hybridized carbons (Fsp3) is 0.350. The van der Waals surface area contributed by atoms with Crippen molar-refractivity contribution in [1.82, 2.24) is 10.3 Å². The second-order valence-corrected chi connectivity index (χ2v) is 5.93. The van der Waals surface area contributed by atoms with Gasteiger partial charge in [0.2, 0.25) is 0 Å². The van der Waals surface area contributed by atoms with Crippen LogP contribution in [0.1, 0.15) is 42.2 Å². The summed E-state index contributed by atoms with van der Waals surface area (Å²) < 4.78 is 41.3. The Morgan fingerprint density at radius 3 is 2.55 bits per heavy atom. The van der Waals surface area contributed by atoms with Crippen LogP contribution in [0.5, 0.6) is 5.75 Å². The van der Waals surface area contributed by atoms with Crippen molar-refractivity contribution in [1.29, 1.82) is 0 Å². The van der Waals surface area contributed by atoms with Crippen molar-refractivity contribution in [2.45, 2.75) is 32.5 Å². The normalized spacial score (nSPS) is 11.5. The van der Waals surface area contributed by atoms with Gasteiger partial charge >= 0.3 is 6.18 Å². The Morgan fingerprint density at radius 2 is 1.97 bits per heavy atom. The van der Waals surface area contributed by atoms with Crippen LogP contribution in [0.3, 0.4) is 0 Å². The number of carbonyl (C=O) groups is 2. The van der Waals surface area contributed by atoms with E-state index in [0.717, 1.165) is 11.8 Å². The average molecular weight is 411 g/mol. The highest BCUT2D eigenvalue weighted by atomic mass is 19.4. The molecule has 0 radical (unpaired) electrons. The zero-order valence-corrected chi connectivity index (χ0v) is 16.4. The molecule has 0 fully saturated rings. The van der Waals surface area contributed by atoms with Gasteiger partial charge in [-0.2, -0.15) is 13.2 Å². The maximum Gasteiger partial charge on any atom is 0.422 e. The lowest BCUT2D eigenvalue weighted by Crippen LogP contribution is -2.26. The van der Waals surface area contributed by atoms with Gasteiger partial charge in [-0.1, -0.05) is 13.0 Å². The number of benzene rings is 1. The van der Waals surface area contributed by atoms with Crippen LogP contribution in [0.4, 0.5) is 19.0 Å². The Labute approximate surface area is 167 Å². The van der Waals surface area contributed by atoms with Crippen LogP contribution in [-0.2, 0) is 4.79 Å². The van der Waals surface area contributed by atoms with Crippen LogP contribution in [0, 0.1) is 0 Å². The van der Waals surface area contributed by atoms with Crippen molar-refractivity contribution >= 4 is 18.0 Å². The smallest absolute Gasteiger partial charge is 0.422 e. The molecule has 1 aromatic heterocycles. The van der Waals surface area contributed by atoms with E-state index >= 15 is 0 Å². The number of ether oxygens (including phenoxy) is 1. The fourth-order valence-corrected chi connectivity index (χ4v) is 2.11. The number of anilines is 1. The summed E-state index contributed by atoms with van der Waals surface area (Å²) in [5.74, 6) is 0.243. The summed E-state index contributed by atoms with van der Waals surface area (Å²) in [6.07, 6.45) is -1.30. The van der Waals surface area contributed by atoms with Crippen LogP contribution in [-0.4, -0.2) is 37.0 Å². The maximum atomic E-state index is 12.3. The number of nitrogens with one attached hydrogen (secondary N) is 2. The summed E-state index contributed by atoms with van der Waals surface area (Å²) in [6, 6.07) is 8.89. The number of amides is 1. The van der Waals surface area contributed by atoms with Gasteiger partial charge < -0.3 is 20.2 Å². The first-order chi connectivity index (χ1) is 13.7. The molecule has 0 aliphatic heterocycles. The standard InChI is InChI=1S/C17H18F3N3O2.C3H6O/c1-11(12-6-7-22-15(9-12)21-2)23-16(24)13-4-3-5-14(8-13)25-10-17(18,19)20;1-2-3-4/h3-9,11H,10H2,1-2H3,(H,21,22)(H,23,24);3H,2H2,1H3. The monoisotopic (exact) mass is 411 g/mol. The van der Waals surface area contributed by atoms with Crippen LogP contribution < -0.4 is 15.4 Å². The van der Waals surface area contributed by atoms with Gasteiger partial charge in [0.25, 0.3) is 5.91 Å². The van der Waals surface area contributed by atoms with E-state index in [0.29, 0.717) is 12.2 Å². The third-order valence-corrected chi connectivity index (χ3v) is 3.55. The van der Waals surface area contributed by atoms with Crippen molar-refractivity contribution in [3.8, 4) is 5.75 Å². The van der Waals surface area contributed by atoms with Gasteiger partial charge in [0.05, 0.1) is 6.04 Å². The van der Waals surface area contributed by atoms with Gasteiger partial charge in [-0.15, -0.1) is 0 Å². The van der Waals surface area contributed by atoms with Crippen LogP contribution >= 0.6 is 0 Å². The average Bonchev–Trinajstić information content (AvgIpc) is 2.72. The molecule has 2 aromatic rings. The second kappa shape index (κ2) is 11.7. The number of pyridine rings is 1. The molecule has 0 saturated heterocycles. The van der Waals surface area contributed by atoms with Crippen molar-refractivity contribution in [3.63, 3.8) is 0 Å². The van der Waals surface area contributed by atoms with E-state index in [4.69, 9.17) is 0 Å². The Balaban J connectivity index is 0.000000960. The van der Waals surface area contributed by atoms with Crippen molar-refractivity contribution in [2.24, 2.45) is 0 Å². The molecule has 1 unspecified atom stereocenters. The predicted octanol–water partition coefficient (Wildman–Crippen LogP) is 4.15. The van der Waals surface area contributed by atoms with Crippen LogP contribution in [0.25, 0.3) is 0 Å². The highest BCUT2D eigenvalue weighted by Gasteiger charge is 2.28. The lowest BCUT2D eigenvalue weighted by molar-refractivity contribution is -0.153. The molecule has 1 heterocycles. The van der Waals surface area contributed by atoms with Crippen molar-refractivity contribution in [3.05, 3.63) is 53.7 Å². The minimum Gasteiger partial charge on any atom is -0.484 e. The Hall–Kier alpha value is -3.10. The molecule has 2 N–H and O–H groups in total. The Kier molecular flexibility index (Phi) is 9.64. The van der Waals surface area contributed by atoms with Gasteiger partial charge in [-0.3, -0.25) is 4.79 Å². The van der Waals surface area contributed by atoms with Gasteiger partial charge in [0.15, 0.2) is 6.61 Å². The quantitative estimate of drug-likeness (QED) is 0.669. The zero-order valence-electron chi connectivity index (χ0n) is 16.4. The number of aldehydes is 1. The molecule has 2 rings (SSSR count). The summed E-state index contributed by atoms with van der Waals surface area (Å²) in [5, 5.41) is 5.70. The molecule has 0 spiro atoms. The number of halogens is 3. The molecular formula is C20H24F3N3O3.